The van der Waals surface area contributed by atoms with Gasteiger partial charge in [-0.05, 0) is 48.5 Å². The summed E-state index contributed by atoms with van der Waals surface area (Å²) in [5, 5.41) is 13.0. The largest absolute Gasteiger partial charge is 0.481 e. The molecule has 0 bridgehead atoms. The van der Waals surface area contributed by atoms with Gasteiger partial charge < -0.3 is 10.4 Å². The number of aliphatic carboxylic acids is 1. The molecule has 2 aromatic rings. The summed E-state index contributed by atoms with van der Waals surface area (Å²) in [6.45, 7) is 1.78. The number of hydrogen-bond donors (Lipinski definition) is 2. The molecule has 1 aliphatic heterocycles. The van der Waals surface area contributed by atoms with Crippen molar-refractivity contribution in [1.29, 1.82) is 0 Å². The summed E-state index contributed by atoms with van der Waals surface area (Å²) >= 11 is 0. The molecule has 2 aromatic carbocycles. The van der Waals surface area contributed by atoms with Gasteiger partial charge in [0.1, 0.15) is 0 Å². The number of hydrogen-bond acceptors (Lipinski definition) is 2. The molecule has 0 spiro atoms. The molecule has 0 amide bonds. The number of rotatable bonds is 4. The normalized spacial score (nSPS) is 19.5. The summed E-state index contributed by atoms with van der Waals surface area (Å²) in [5.74, 6) is -0.965. The van der Waals surface area contributed by atoms with Crippen LogP contribution < -0.4 is 5.32 Å². The lowest BCUT2D eigenvalue weighted by atomic mass is 9.81. The van der Waals surface area contributed by atoms with Gasteiger partial charge in [0, 0.05) is 0 Å². The van der Waals surface area contributed by atoms with Gasteiger partial charge in [-0.25, -0.2) is 0 Å². The van der Waals surface area contributed by atoms with E-state index in [2.05, 4.69) is 17.4 Å². The Balaban J connectivity index is 1.84. The highest BCUT2D eigenvalue weighted by Crippen LogP contribution is 2.31. The van der Waals surface area contributed by atoms with Crippen molar-refractivity contribution in [3.05, 3.63) is 60.2 Å². The summed E-state index contributed by atoms with van der Waals surface area (Å²) in [6.07, 6.45) is 2.03. The third-order valence-electron chi connectivity index (χ3n) is 4.45. The second kappa shape index (κ2) is 6.75. The van der Waals surface area contributed by atoms with Crippen LogP contribution in [0.4, 0.5) is 0 Å². The first-order valence-corrected chi connectivity index (χ1v) is 7.84. The molecule has 22 heavy (non-hydrogen) atoms. The monoisotopic (exact) mass is 295 g/mol. The minimum absolute atomic E-state index is 0.175. The molecule has 2 atom stereocenters. The van der Waals surface area contributed by atoms with E-state index in [-0.39, 0.29) is 5.92 Å². The number of carbonyl (C=O) groups is 1. The zero-order valence-electron chi connectivity index (χ0n) is 12.5. The highest BCUT2D eigenvalue weighted by Gasteiger charge is 2.30. The summed E-state index contributed by atoms with van der Waals surface area (Å²) in [5.41, 5.74) is 3.18. The molecule has 0 aromatic heterocycles. The van der Waals surface area contributed by atoms with E-state index in [1.165, 1.54) is 0 Å². The molecule has 2 N–H and O–H groups in total. The Bertz CT molecular complexity index is 616. The molecule has 1 unspecified atom stereocenters. The van der Waals surface area contributed by atoms with Crippen molar-refractivity contribution in [3.63, 3.8) is 0 Å². The topological polar surface area (TPSA) is 49.3 Å². The maximum Gasteiger partial charge on any atom is 0.311 e. The van der Waals surface area contributed by atoms with E-state index in [9.17, 15) is 9.90 Å². The van der Waals surface area contributed by atoms with Gasteiger partial charge in [0.2, 0.25) is 0 Å². The number of carboxylic acids is 1. The average molecular weight is 295 g/mol. The number of piperidine rings is 1. The first kappa shape index (κ1) is 14.8. The highest BCUT2D eigenvalue weighted by molar-refractivity contribution is 5.77. The van der Waals surface area contributed by atoms with Crippen LogP contribution in [-0.4, -0.2) is 24.2 Å². The molecule has 1 saturated heterocycles. The van der Waals surface area contributed by atoms with Gasteiger partial charge in [0.15, 0.2) is 0 Å². The van der Waals surface area contributed by atoms with Gasteiger partial charge in [-0.1, -0.05) is 54.6 Å². The van der Waals surface area contributed by atoms with Crippen molar-refractivity contribution in [1.82, 2.24) is 5.32 Å². The van der Waals surface area contributed by atoms with E-state index in [0.717, 1.165) is 42.6 Å². The van der Waals surface area contributed by atoms with Crippen molar-refractivity contribution in [3.8, 4) is 11.1 Å². The van der Waals surface area contributed by atoms with E-state index in [1.807, 2.05) is 42.5 Å². The fraction of sp³-hybridized carbons (Fsp3) is 0.316. The van der Waals surface area contributed by atoms with E-state index in [1.54, 1.807) is 0 Å². The van der Waals surface area contributed by atoms with Crippen LogP contribution in [-0.2, 0) is 4.79 Å². The SMILES string of the molecule is O=C(O)C(c1ccc(-c2ccccc2)cc1)[C@H]1CCCNC1. The molecule has 1 heterocycles. The third kappa shape index (κ3) is 3.20. The lowest BCUT2D eigenvalue weighted by molar-refractivity contribution is -0.140. The van der Waals surface area contributed by atoms with Gasteiger partial charge in [0.05, 0.1) is 5.92 Å². The average Bonchev–Trinajstić information content (AvgIpc) is 2.57. The molecule has 1 aliphatic rings. The molecule has 3 heteroatoms. The van der Waals surface area contributed by atoms with Crippen LogP contribution in [0.3, 0.4) is 0 Å². The summed E-state index contributed by atoms with van der Waals surface area (Å²) in [6, 6.07) is 18.1. The standard InChI is InChI=1S/C19H21NO2/c21-19(22)18(17-7-4-12-20-13-17)16-10-8-15(9-11-16)14-5-2-1-3-6-14/h1-3,5-6,8-11,17-18,20H,4,7,12-13H2,(H,21,22)/t17-,18?/m0/s1. The molecule has 3 nitrogen and oxygen atoms in total. The Morgan fingerprint density at radius 2 is 1.73 bits per heavy atom. The van der Waals surface area contributed by atoms with Crippen molar-refractivity contribution in [2.24, 2.45) is 5.92 Å². The summed E-state index contributed by atoms with van der Waals surface area (Å²) < 4.78 is 0. The maximum atomic E-state index is 11.7. The quantitative estimate of drug-likeness (QED) is 0.907. The molecular formula is C19H21NO2. The van der Waals surface area contributed by atoms with Crippen LogP contribution >= 0.6 is 0 Å². The van der Waals surface area contributed by atoms with Crippen LogP contribution in [0.15, 0.2) is 54.6 Å². The summed E-state index contributed by atoms with van der Waals surface area (Å²) in [7, 11) is 0. The van der Waals surface area contributed by atoms with Crippen molar-refractivity contribution in [2.75, 3.05) is 13.1 Å². The molecule has 3 rings (SSSR count). The summed E-state index contributed by atoms with van der Waals surface area (Å²) in [4.78, 5) is 11.7. The molecule has 0 aliphatic carbocycles. The fourth-order valence-corrected chi connectivity index (χ4v) is 3.29. The van der Waals surface area contributed by atoms with Gasteiger partial charge in [0.25, 0.3) is 0 Å². The zero-order valence-corrected chi connectivity index (χ0v) is 12.5. The Morgan fingerprint density at radius 1 is 1.05 bits per heavy atom. The Kier molecular flexibility index (Phi) is 4.54. The maximum absolute atomic E-state index is 11.7. The van der Waals surface area contributed by atoms with Crippen molar-refractivity contribution >= 4 is 5.97 Å². The van der Waals surface area contributed by atoms with E-state index in [4.69, 9.17) is 0 Å². The zero-order chi connectivity index (χ0) is 15.4. The molecule has 1 fully saturated rings. The van der Waals surface area contributed by atoms with E-state index >= 15 is 0 Å². The molecule has 0 saturated carbocycles. The first-order valence-electron chi connectivity index (χ1n) is 7.84. The van der Waals surface area contributed by atoms with Crippen molar-refractivity contribution < 1.29 is 9.90 Å². The molecular weight excluding hydrogens is 274 g/mol. The lowest BCUT2D eigenvalue weighted by Gasteiger charge is -2.28. The molecule has 114 valence electrons. The minimum Gasteiger partial charge on any atom is -0.481 e. The van der Waals surface area contributed by atoms with Crippen LogP contribution in [0, 0.1) is 5.92 Å². The number of carboxylic acid groups (broad SMARTS) is 1. The highest BCUT2D eigenvalue weighted by atomic mass is 16.4. The predicted molar refractivity (Wildman–Crippen MR) is 87.8 cm³/mol. The molecule has 0 radical (unpaired) electrons. The fourth-order valence-electron chi connectivity index (χ4n) is 3.29. The predicted octanol–water partition coefficient (Wildman–Crippen LogP) is 3.52. The first-order chi connectivity index (χ1) is 10.8. The third-order valence-corrected chi connectivity index (χ3v) is 4.45. The number of nitrogens with one attached hydrogen (secondary N) is 1. The van der Waals surface area contributed by atoms with E-state index < -0.39 is 11.9 Å². The van der Waals surface area contributed by atoms with Gasteiger partial charge in [-0.15, -0.1) is 0 Å². The smallest absolute Gasteiger partial charge is 0.311 e. The lowest BCUT2D eigenvalue weighted by Crippen LogP contribution is -2.36. The van der Waals surface area contributed by atoms with Crippen molar-refractivity contribution in [2.45, 2.75) is 18.8 Å². The van der Waals surface area contributed by atoms with Crippen LogP contribution in [0.25, 0.3) is 11.1 Å². The van der Waals surface area contributed by atoms with E-state index in [0.29, 0.717) is 0 Å². The van der Waals surface area contributed by atoms with Crippen LogP contribution in [0.1, 0.15) is 24.3 Å². The van der Waals surface area contributed by atoms with Crippen LogP contribution in [0.5, 0.6) is 0 Å². The van der Waals surface area contributed by atoms with Crippen LogP contribution in [0.2, 0.25) is 0 Å². The minimum atomic E-state index is -0.721. The number of benzene rings is 2. The Hall–Kier alpha value is -2.13. The van der Waals surface area contributed by atoms with Gasteiger partial charge in [-0.3, -0.25) is 4.79 Å². The second-order valence-electron chi connectivity index (χ2n) is 5.91. The Morgan fingerprint density at radius 3 is 2.32 bits per heavy atom. The second-order valence-corrected chi connectivity index (χ2v) is 5.91. The Labute approximate surface area is 131 Å². The van der Waals surface area contributed by atoms with Gasteiger partial charge >= 0.3 is 5.97 Å². The van der Waals surface area contributed by atoms with Gasteiger partial charge in [-0.2, -0.15) is 0 Å².